The normalized spacial score (nSPS) is 14.9. The minimum absolute atomic E-state index is 0.282. The molecule has 3 aromatic rings. The molecule has 0 radical (unpaired) electrons. The Labute approximate surface area is 181 Å². The zero-order valence-electron chi connectivity index (χ0n) is 17.3. The Balaban J connectivity index is 1.37. The van der Waals surface area contributed by atoms with E-state index < -0.39 is 0 Å². The molecule has 2 N–H and O–H groups in total. The van der Waals surface area contributed by atoms with Crippen LogP contribution in [-0.2, 0) is 13.0 Å². The first-order valence-corrected chi connectivity index (χ1v) is 10.2. The number of nitrogens with zero attached hydrogens (tertiary/aromatic N) is 3. The number of hydrogen-bond acceptors (Lipinski definition) is 5. The fourth-order valence-electron chi connectivity index (χ4n) is 3.28. The monoisotopic (exact) mass is 413 g/mol. The van der Waals surface area contributed by atoms with Crippen molar-refractivity contribution in [3.05, 3.63) is 108 Å². The largest absolute Gasteiger partial charge is 0.383 e. The fourth-order valence-corrected chi connectivity index (χ4v) is 3.28. The molecule has 0 amide bonds. The second kappa shape index (κ2) is 9.34. The van der Waals surface area contributed by atoms with Crippen molar-refractivity contribution in [2.24, 2.45) is 5.92 Å². The Bertz CT molecular complexity index is 1120. The summed E-state index contributed by atoms with van der Waals surface area (Å²) in [5.74, 6) is 0.640. The molecule has 2 aromatic heterocycles. The van der Waals surface area contributed by atoms with Crippen LogP contribution >= 0.6 is 0 Å². The van der Waals surface area contributed by atoms with Crippen LogP contribution in [0.5, 0.6) is 0 Å². The number of anilines is 1. The third-order valence-electron chi connectivity index (χ3n) is 4.97. The number of pyridine rings is 1. The molecule has 4 rings (SSSR count). The van der Waals surface area contributed by atoms with Gasteiger partial charge in [-0.15, -0.1) is 0 Å². The molecule has 1 aromatic carbocycles. The molecule has 0 fully saturated rings. The van der Waals surface area contributed by atoms with Gasteiger partial charge in [0.25, 0.3) is 0 Å². The third kappa shape index (κ3) is 5.42. The summed E-state index contributed by atoms with van der Waals surface area (Å²) in [6.07, 6.45) is 11.7. The van der Waals surface area contributed by atoms with Gasteiger partial charge in [-0.2, -0.15) is 0 Å². The maximum atomic E-state index is 14.7. The highest BCUT2D eigenvalue weighted by Gasteiger charge is 2.09. The molecule has 6 heteroatoms. The van der Waals surface area contributed by atoms with Crippen molar-refractivity contribution in [1.29, 1.82) is 0 Å². The average Bonchev–Trinajstić information content (AvgIpc) is 3.19. The summed E-state index contributed by atoms with van der Waals surface area (Å²) < 4.78 is 14.7. The molecule has 1 aliphatic carbocycles. The topological polar surface area (TPSA) is 62.7 Å². The van der Waals surface area contributed by atoms with E-state index in [2.05, 4.69) is 51.2 Å². The second-order valence-electron chi connectivity index (χ2n) is 7.52. The van der Waals surface area contributed by atoms with Crippen molar-refractivity contribution in [2.75, 3.05) is 5.32 Å². The molecule has 31 heavy (non-hydrogen) atoms. The highest BCUT2D eigenvalue weighted by atomic mass is 19.1. The van der Waals surface area contributed by atoms with Crippen LogP contribution in [0.4, 0.5) is 10.3 Å². The Morgan fingerprint density at radius 1 is 1.10 bits per heavy atom. The quantitative estimate of drug-likeness (QED) is 0.543. The van der Waals surface area contributed by atoms with Crippen LogP contribution in [0.25, 0.3) is 11.1 Å². The van der Waals surface area contributed by atoms with Gasteiger partial charge in [-0.1, -0.05) is 43.9 Å². The number of nitrogens with one attached hydrogen (secondary N) is 2. The molecular weight excluding hydrogens is 389 g/mol. The Hall–Kier alpha value is -3.80. The smallest absolute Gasteiger partial charge is 0.227 e. The fraction of sp³-hybridized carbons (Fsp3) is 0.160. The molecule has 0 aliphatic heterocycles. The van der Waals surface area contributed by atoms with Gasteiger partial charge in [0.1, 0.15) is 5.82 Å². The van der Waals surface area contributed by atoms with Crippen molar-refractivity contribution in [3.8, 4) is 11.1 Å². The number of aromatic nitrogens is 3. The minimum Gasteiger partial charge on any atom is -0.383 e. The van der Waals surface area contributed by atoms with Gasteiger partial charge in [0.05, 0.1) is 12.2 Å². The number of benzene rings is 1. The van der Waals surface area contributed by atoms with Crippen molar-refractivity contribution >= 4 is 5.95 Å². The zero-order valence-corrected chi connectivity index (χ0v) is 17.3. The van der Waals surface area contributed by atoms with Crippen LogP contribution in [0.3, 0.4) is 0 Å². The predicted molar refractivity (Wildman–Crippen MR) is 121 cm³/mol. The summed E-state index contributed by atoms with van der Waals surface area (Å²) in [6.45, 7) is 6.67. The number of hydrogen-bond donors (Lipinski definition) is 2. The van der Waals surface area contributed by atoms with Crippen LogP contribution < -0.4 is 10.6 Å². The number of rotatable bonds is 8. The summed E-state index contributed by atoms with van der Waals surface area (Å²) in [6, 6.07) is 10.9. The van der Waals surface area contributed by atoms with Crippen LogP contribution in [0, 0.1) is 11.7 Å². The van der Waals surface area contributed by atoms with E-state index in [4.69, 9.17) is 0 Å². The first-order valence-electron chi connectivity index (χ1n) is 10.2. The molecule has 156 valence electrons. The Kier molecular flexibility index (Phi) is 6.17. The maximum Gasteiger partial charge on any atom is 0.227 e. The molecule has 0 spiro atoms. The molecule has 2 heterocycles. The first kappa shape index (κ1) is 20.5. The molecule has 0 saturated carbocycles. The Morgan fingerprint density at radius 3 is 2.61 bits per heavy atom. The van der Waals surface area contributed by atoms with Crippen molar-refractivity contribution in [3.63, 3.8) is 0 Å². The van der Waals surface area contributed by atoms with E-state index in [1.54, 1.807) is 24.7 Å². The summed E-state index contributed by atoms with van der Waals surface area (Å²) in [4.78, 5) is 13.0. The van der Waals surface area contributed by atoms with E-state index in [9.17, 15) is 4.39 Å². The van der Waals surface area contributed by atoms with Crippen LogP contribution in [0.15, 0.2) is 91.2 Å². The number of halogens is 1. The SMILES string of the molecule is C=C(Cc1ccc(-c2cnc(NC3=CC(C)C=C3)nc2)cc1F)NCc1ccccn1. The van der Waals surface area contributed by atoms with Gasteiger partial charge in [-0.3, -0.25) is 4.98 Å². The van der Waals surface area contributed by atoms with Gasteiger partial charge >= 0.3 is 0 Å². The van der Waals surface area contributed by atoms with E-state index in [0.29, 0.717) is 30.4 Å². The van der Waals surface area contributed by atoms with Gasteiger partial charge < -0.3 is 10.6 Å². The van der Waals surface area contributed by atoms with E-state index in [1.165, 1.54) is 6.07 Å². The summed E-state index contributed by atoms with van der Waals surface area (Å²) >= 11 is 0. The summed E-state index contributed by atoms with van der Waals surface area (Å²) in [5, 5.41) is 6.37. The van der Waals surface area contributed by atoms with E-state index >= 15 is 0 Å². The lowest BCUT2D eigenvalue weighted by Gasteiger charge is -2.11. The molecule has 0 saturated heterocycles. The van der Waals surface area contributed by atoms with Gasteiger partial charge in [-0.05, 0) is 41.3 Å². The number of allylic oxidation sites excluding steroid dienone is 4. The van der Waals surface area contributed by atoms with Crippen molar-refractivity contribution < 1.29 is 4.39 Å². The molecule has 1 unspecified atom stereocenters. The molecule has 0 bridgehead atoms. The van der Waals surface area contributed by atoms with Gasteiger partial charge in [-0.25, -0.2) is 14.4 Å². The standard InChI is InChI=1S/C25H24FN5/c1-17-6-9-22(11-17)31-25-29-14-21(15-30-25)19-7-8-20(24(26)13-19)12-18(2)28-16-23-5-3-4-10-27-23/h3-11,13-15,17,28H,2,12,16H2,1H3,(H,29,30,31). The van der Waals surface area contributed by atoms with E-state index in [-0.39, 0.29) is 5.82 Å². The van der Waals surface area contributed by atoms with Gasteiger partial charge in [0.15, 0.2) is 0 Å². The van der Waals surface area contributed by atoms with Gasteiger partial charge in [0.2, 0.25) is 5.95 Å². The molecule has 5 nitrogen and oxygen atoms in total. The molecular formula is C25H24FN5. The van der Waals surface area contributed by atoms with Crippen molar-refractivity contribution in [2.45, 2.75) is 19.9 Å². The van der Waals surface area contributed by atoms with E-state index in [1.807, 2.05) is 30.3 Å². The minimum atomic E-state index is -0.282. The first-order chi connectivity index (χ1) is 15.1. The van der Waals surface area contributed by atoms with Crippen LogP contribution in [0.1, 0.15) is 18.2 Å². The predicted octanol–water partition coefficient (Wildman–Crippen LogP) is 5.03. The maximum absolute atomic E-state index is 14.7. The van der Waals surface area contributed by atoms with E-state index in [0.717, 1.165) is 28.2 Å². The van der Waals surface area contributed by atoms with Gasteiger partial charge in [0, 0.05) is 42.0 Å². The highest BCUT2D eigenvalue weighted by molar-refractivity contribution is 5.63. The lowest BCUT2D eigenvalue weighted by Crippen LogP contribution is -2.15. The lowest BCUT2D eigenvalue weighted by atomic mass is 10.0. The highest BCUT2D eigenvalue weighted by Crippen LogP contribution is 2.23. The lowest BCUT2D eigenvalue weighted by molar-refractivity contribution is 0.610. The van der Waals surface area contributed by atoms with Crippen LogP contribution in [-0.4, -0.2) is 15.0 Å². The summed E-state index contributed by atoms with van der Waals surface area (Å²) in [5.41, 5.74) is 4.69. The average molecular weight is 414 g/mol. The molecule has 1 atom stereocenters. The Morgan fingerprint density at radius 2 is 1.94 bits per heavy atom. The van der Waals surface area contributed by atoms with Crippen LogP contribution in [0.2, 0.25) is 0 Å². The second-order valence-corrected chi connectivity index (χ2v) is 7.52. The zero-order chi connectivity index (χ0) is 21.6. The third-order valence-corrected chi connectivity index (χ3v) is 4.97. The van der Waals surface area contributed by atoms with Crippen molar-refractivity contribution in [1.82, 2.24) is 20.3 Å². The molecule has 1 aliphatic rings. The summed E-state index contributed by atoms with van der Waals surface area (Å²) in [7, 11) is 0.